The first-order valence-electron chi connectivity index (χ1n) is 6.27. The number of methoxy groups -OCH3 is 1. The quantitative estimate of drug-likeness (QED) is 0.793. The third kappa shape index (κ3) is 3.65. The van der Waals surface area contributed by atoms with Crippen molar-refractivity contribution in [1.82, 2.24) is 10.3 Å². The molecule has 2 rings (SSSR count). The summed E-state index contributed by atoms with van der Waals surface area (Å²) in [6, 6.07) is 3.79. The van der Waals surface area contributed by atoms with E-state index in [2.05, 4.69) is 10.3 Å². The summed E-state index contributed by atoms with van der Waals surface area (Å²) in [5, 5.41) is 12.1. The van der Waals surface area contributed by atoms with Gasteiger partial charge in [-0.05, 0) is 18.9 Å². The van der Waals surface area contributed by atoms with E-state index in [1.54, 1.807) is 13.3 Å². The van der Waals surface area contributed by atoms with Crippen LogP contribution in [0.5, 0.6) is 5.88 Å². The van der Waals surface area contributed by atoms with E-state index in [-0.39, 0.29) is 6.10 Å². The number of ether oxygens (including phenoxy) is 2. The lowest BCUT2D eigenvalue weighted by Gasteiger charge is -2.13. The van der Waals surface area contributed by atoms with Crippen LogP contribution in [-0.4, -0.2) is 41.9 Å². The van der Waals surface area contributed by atoms with Gasteiger partial charge in [-0.1, -0.05) is 6.07 Å². The normalized spacial score (nSPS) is 22.4. The lowest BCUT2D eigenvalue weighted by Crippen LogP contribution is -2.28. The molecule has 2 unspecified atom stereocenters. The summed E-state index contributed by atoms with van der Waals surface area (Å²) >= 11 is 0. The molecule has 0 bridgehead atoms. The summed E-state index contributed by atoms with van der Waals surface area (Å²) in [7, 11) is 1.59. The van der Waals surface area contributed by atoms with Gasteiger partial charge in [0.15, 0.2) is 6.10 Å². The van der Waals surface area contributed by atoms with Crippen LogP contribution in [-0.2, 0) is 16.1 Å². The van der Waals surface area contributed by atoms with Crippen molar-refractivity contribution in [2.24, 2.45) is 0 Å². The van der Waals surface area contributed by atoms with Gasteiger partial charge in [-0.25, -0.2) is 9.78 Å². The Morgan fingerprint density at radius 2 is 2.47 bits per heavy atom. The molecule has 0 aliphatic carbocycles. The van der Waals surface area contributed by atoms with Crippen LogP contribution in [0.3, 0.4) is 0 Å². The van der Waals surface area contributed by atoms with Gasteiger partial charge in [0.05, 0.1) is 13.2 Å². The highest BCUT2D eigenvalue weighted by molar-refractivity contribution is 5.72. The zero-order valence-corrected chi connectivity index (χ0v) is 10.8. The highest BCUT2D eigenvalue weighted by Crippen LogP contribution is 2.19. The molecular weight excluding hydrogens is 248 g/mol. The van der Waals surface area contributed by atoms with E-state index in [1.807, 2.05) is 12.1 Å². The standard InChI is InChI=1S/C13H18N2O4/c1-18-12-9(3-2-6-15-12)7-14-8-10-4-5-11(19-10)13(16)17/h2-3,6,10-11,14H,4-5,7-8H2,1H3,(H,16,17). The Balaban J connectivity index is 1.77. The number of carboxylic acids is 1. The van der Waals surface area contributed by atoms with Gasteiger partial charge in [0, 0.05) is 24.8 Å². The van der Waals surface area contributed by atoms with Crippen LogP contribution < -0.4 is 10.1 Å². The molecule has 0 aromatic carbocycles. The summed E-state index contributed by atoms with van der Waals surface area (Å²) in [5.74, 6) is -0.276. The molecule has 1 saturated heterocycles. The molecule has 2 atom stereocenters. The molecule has 1 aromatic heterocycles. The number of rotatable bonds is 6. The fourth-order valence-electron chi connectivity index (χ4n) is 2.15. The maximum atomic E-state index is 10.8. The Labute approximate surface area is 111 Å². The highest BCUT2D eigenvalue weighted by atomic mass is 16.5. The van der Waals surface area contributed by atoms with Crippen LogP contribution in [0.15, 0.2) is 18.3 Å². The van der Waals surface area contributed by atoms with Crippen molar-refractivity contribution in [2.75, 3.05) is 13.7 Å². The minimum Gasteiger partial charge on any atom is -0.481 e. The Morgan fingerprint density at radius 1 is 1.63 bits per heavy atom. The fraction of sp³-hybridized carbons (Fsp3) is 0.538. The Bertz CT molecular complexity index is 438. The minimum atomic E-state index is -0.878. The van der Waals surface area contributed by atoms with Crippen LogP contribution in [0.4, 0.5) is 0 Å². The maximum Gasteiger partial charge on any atom is 0.332 e. The van der Waals surface area contributed by atoms with E-state index < -0.39 is 12.1 Å². The van der Waals surface area contributed by atoms with Gasteiger partial charge in [-0.2, -0.15) is 0 Å². The van der Waals surface area contributed by atoms with Crippen LogP contribution in [0.1, 0.15) is 18.4 Å². The number of hydrogen-bond acceptors (Lipinski definition) is 5. The fourth-order valence-corrected chi connectivity index (χ4v) is 2.15. The number of aromatic nitrogens is 1. The van der Waals surface area contributed by atoms with Gasteiger partial charge in [0.2, 0.25) is 5.88 Å². The lowest BCUT2D eigenvalue weighted by atomic mass is 10.2. The number of pyridine rings is 1. The van der Waals surface area contributed by atoms with Crippen molar-refractivity contribution >= 4 is 5.97 Å². The second kappa shape index (κ2) is 6.49. The first-order valence-corrected chi connectivity index (χ1v) is 6.27. The molecule has 6 nitrogen and oxygen atoms in total. The van der Waals surface area contributed by atoms with Crippen molar-refractivity contribution in [3.63, 3.8) is 0 Å². The number of nitrogens with one attached hydrogen (secondary N) is 1. The van der Waals surface area contributed by atoms with Crippen molar-refractivity contribution < 1.29 is 19.4 Å². The SMILES string of the molecule is COc1ncccc1CNCC1CCC(C(=O)O)O1. The largest absolute Gasteiger partial charge is 0.481 e. The molecular formula is C13H18N2O4. The third-order valence-corrected chi connectivity index (χ3v) is 3.11. The van der Waals surface area contributed by atoms with E-state index in [4.69, 9.17) is 14.6 Å². The molecule has 0 amide bonds. The molecule has 6 heteroatoms. The zero-order valence-electron chi connectivity index (χ0n) is 10.8. The summed E-state index contributed by atoms with van der Waals surface area (Å²) in [6.07, 6.45) is 2.34. The van der Waals surface area contributed by atoms with E-state index in [0.717, 1.165) is 12.0 Å². The average molecular weight is 266 g/mol. The number of aliphatic carboxylic acids is 1. The molecule has 19 heavy (non-hydrogen) atoms. The van der Waals surface area contributed by atoms with Gasteiger partial charge in [0.1, 0.15) is 0 Å². The second-order valence-electron chi connectivity index (χ2n) is 4.47. The van der Waals surface area contributed by atoms with Crippen LogP contribution >= 0.6 is 0 Å². The van der Waals surface area contributed by atoms with Gasteiger partial charge < -0.3 is 19.9 Å². The number of carboxylic acid groups (broad SMARTS) is 1. The molecule has 1 aromatic rings. The number of carbonyl (C=O) groups is 1. The number of hydrogen-bond donors (Lipinski definition) is 2. The molecule has 104 valence electrons. The summed E-state index contributed by atoms with van der Waals surface area (Å²) < 4.78 is 10.6. The highest BCUT2D eigenvalue weighted by Gasteiger charge is 2.29. The third-order valence-electron chi connectivity index (χ3n) is 3.11. The van der Waals surface area contributed by atoms with Gasteiger partial charge in [-0.15, -0.1) is 0 Å². The predicted octanol–water partition coefficient (Wildman–Crippen LogP) is 0.812. The second-order valence-corrected chi connectivity index (χ2v) is 4.47. The molecule has 2 N–H and O–H groups in total. The Kier molecular flexibility index (Phi) is 4.70. The van der Waals surface area contributed by atoms with Crippen molar-refractivity contribution in [3.8, 4) is 5.88 Å². The molecule has 1 aliphatic rings. The topological polar surface area (TPSA) is 80.7 Å². The van der Waals surface area contributed by atoms with Crippen LogP contribution in [0, 0.1) is 0 Å². The Hall–Kier alpha value is -1.66. The number of nitrogens with zero attached hydrogens (tertiary/aromatic N) is 1. The van der Waals surface area contributed by atoms with Crippen LogP contribution in [0.2, 0.25) is 0 Å². The van der Waals surface area contributed by atoms with E-state index >= 15 is 0 Å². The maximum absolute atomic E-state index is 10.8. The molecule has 1 aliphatic heterocycles. The molecule has 2 heterocycles. The summed E-state index contributed by atoms with van der Waals surface area (Å²) in [5.41, 5.74) is 0.970. The monoisotopic (exact) mass is 266 g/mol. The van der Waals surface area contributed by atoms with Crippen molar-refractivity contribution in [2.45, 2.75) is 31.6 Å². The van der Waals surface area contributed by atoms with Crippen molar-refractivity contribution in [1.29, 1.82) is 0 Å². The van der Waals surface area contributed by atoms with Gasteiger partial charge in [0.25, 0.3) is 0 Å². The van der Waals surface area contributed by atoms with Gasteiger partial charge in [-0.3, -0.25) is 0 Å². The first kappa shape index (κ1) is 13.8. The predicted molar refractivity (Wildman–Crippen MR) is 68.0 cm³/mol. The minimum absolute atomic E-state index is 0.0382. The molecule has 0 spiro atoms. The Morgan fingerprint density at radius 3 is 3.16 bits per heavy atom. The molecule has 0 saturated carbocycles. The summed E-state index contributed by atoms with van der Waals surface area (Å²) in [6.45, 7) is 1.25. The van der Waals surface area contributed by atoms with E-state index in [0.29, 0.717) is 25.4 Å². The smallest absolute Gasteiger partial charge is 0.332 e. The van der Waals surface area contributed by atoms with Gasteiger partial charge >= 0.3 is 5.97 Å². The summed E-state index contributed by atoms with van der Waals surface area (Å²) in [4.78, 5) is 14.9. The van der Waals surface area contributed by atoms with E-state index in [1.165, 1.54) is 0 Å². The van der Waals surface area contributed by atoms with Crippen molar-refractivity contribution in [3.05, 3.63) is 23.9 Å². The van der Waals surface area contributed by atoms with E-state index in [9.17, 15) is 4.79 Å². The van der Waals surface area contributed by atoms with Crippen LogP contribution in [0.25, 0.3) is 0 Å². The average Bonchev–Trinajstić information content (AvgIpc) is 2.88. The lowest BCUT2D eigenvalue weighted by molar-refractivity contribution is -0.149. The molecule has 0 radical (unpaired) electrons. The first-order chi connectivity index (χ1) is 9.20. The molecule has 1 fully saturated rings. The zero-order chi connectivity index (χ0) is 13.7.